The summed E-state index contributed by atoms with van der Waals surface area (Å²) in [7, 11) is 0. The monoisotopic (exact) mass is 501 g/mol. The zero-order valence-corrected chi connectivity index (χ0v) is 21.7. The zero-order valence-electron chi connectivity index (χ0n) is 21.7. The molecule has 7 heteroatoms. The lowest BCUT2D eigenvalue weighted by Crippen LogP contribution is -2.25. The average molecular weight is 502 g/mol. The van der Waals surface area contributed by atoms with Gasteiger partial charge in [-0.3, -0.25) is 5.32 Å². The molecule has 3 aromatic rings. The van der Waals surface area contributed by atoms with Gasteiger partial charge in [-0.05, 0) is 61.9 Å². The molecule has 0 bridgehead atoms. The smallest absolute Gasteiger partial charge is 0.411 e. The summed E-state index contributed by atoms with van der Waals surface area (Å²) in [6.07, 6.45) is 6.35. The van der Waals surface area contributed by atoms with Crippen molar-refractivity contribution in [3.8, 4) is 23.1 Å². The number of benzene rings is 2. The fourth-order valence-corrected chi connectivity index (χ4v) is 5.24. The highest BCUT2D eigenvalue weighted by Gasteiger charge is 2.28. The third-order valence-electron chi connectivity index (χ3n) is 7.59. The number of hydrogen-bond acceptors (Lipinski definition) is 5. The van der Waals surface area contributed by atoms with Gasteiger partial charge in [-0.1, -0.05) is 26.0 Å². The van der Waals surface area contributed by atoms with Crippen LogP contribution < -0.4 is 10.1 Å². The Morgan fingerprint density at radius 2 is 1.84 bits per heavy atom. The number of nitriles is 1. The molecule has 1 saturated heterocycles. The first-order chi connectivity index (χ1) is 18.1. The Kier molecular flexibility index (Phi) is 7.66. The van der Waals surface area contributed by atoms with E-state index in [1.807, 2.05) is 50.2 Å². The van der Waals surface area contributed by atoms with E-state index in [0.29, 0.717) is 17.3 Å². The molecule has 37 heavy (non-hydrogen) atoms. The van der Waals surface area contributed by atoms with Crippen molar-refractivity contribution in [1.29, 1.82) is 5.26 Å². The van der Waals surface area contributed by atoms with Crippen LogP contribution in [-0.2, 0) is 9.47 Å². The third-order valence-corrected chi connectivity index (χ3v) is 7.59. The van der Waals surface area contributed by atoms with Gasteiger partial charge in [0, 0.05) is 36.0 Å². The molecule has 2 heterocycles. The summed E-state index contributed by atoms with van der Waals surface area (Å²) in [5, 5.41) is 14.0. The quantitative estimate of drug-likeness (QED) is 0.353. The minimum atomic E-state index is -0.445. The summed E-state index contributed by atoms with van der Waals surface area (Å²) in [6.45, 7) is 5.47. The van der Waals surface area contributed by atoms with Crippen LogP contribution in [0.5, 0.6) is 5.75 Å². The Hall–Kier alpha value is -3.50. The standard InChI is InChI=1S/C30H35N3O4/c1-3-23(4-2)37-30(34)32-21-10-8-20(9-11-21)29-27(19-31)26-13-12-25(36-24-14-16-35-17-15-24)18-28(26)33(29)22-6-5-7-22/h8-13,18,22-24H,3-7,14-17H2,1-2H3,(H,32,34). The topological polar surface area (TPSA) is 85.5 Å². The van der Waals surface area contributed by atoms with Gasteiger partial charge in [0.25, 0.3) is 0 Å². The van der Waals surface area contributed by atoms with Crippen molar-refractivity contribution >= 4 is 22.7 Å². The second-order valence-electron chi connectivity index (χ2n) is 9.94. The van der Waals surface area contributed by atoms with E-state index in [9.17, 15) is 10.1 Å². The number of rotatable bonds is 8. The van der Waals surface area contributed by atoms with Crippen molar-refractivity contribution < 1.29 is 19.0 Å². The highest BCUT2D eigenvalue weighted by atomic mass is 16.6. The zero-order chi connectivity index (χ0) is 25.8. The highest BCUT2D eigenvalue weighted by Crippen LogP contribution is 2.43. The van der Waals surface area contributed by atoms with Crippen LogP contribution in [-0.4, -0.2) is 36.1 Å². The van der Waals surface area contributed by atoms with Gasteiger partial charge in [-0.2, -0.15) is 5.26 Å². The molecule has 0 unspecified atom stereocenters. The number of nitrogens with one attached hydrogen (secondary N) is 1. The van der Waals surface area contributed by atoms with E-state index in [1.54, 1.807) is 0 Å². The Bertz CT molecular complexity index is 1280. The molecule has 1 aliphatic heterocycles. The van der Waals surface area contributed by atoms with E-state index in [4.69, 9.17) is 14.2 Å². The van der Waals surface area contributed by atoms with E-state index in [2.05, 4.69) is 22.0 Å². The minimum absolute atomic E-state index is 0.0871. The Balaban J connectivity index is 1.47. The fourth-order valence-electron chi connectivity index (χ4n) is 5.24. The van der Waals surface area contributed by atoms with Gasteiger partial charge in [-0.15, -0.1) is 0 Å². The summed E-state index contributed by atoms with van der Waals surface area (Å²) < 4.78 is 19.6. The first kappa shape index (κ1) is 25.2. The van der Waals surface area contributed by atoms with Crippen molar-refractivity contribution in [3.05, 3.63) is 48.0 Å². The lowest BCUT2D eigenvalue weighted by atomic mass is 9.92. The van der Waals surface area contributed by atoms with Crippen LogP contribution in [0.2, 0.25) is 0 Å². The Morgan fingerprint density at radius 1 is 1.11 bits per heavy atom. The third kappa shape index (κ3) is 5.30. The molecule has 1 aromatic heterocycles. The maximum atomic E-state index is 12.3. The molecule has 2 aliphatic rings. The molecule has 2 aromatic carbocycles. The summed E-state index contributed by atoms with van der Waals surface area (Å²) >= 11 is 0. The van der Waals surface area contributed by atoms with Crippen molar-refractivity contribution in [2.45, 2.75) is 77.0 Å². The lowest BCUT2D eigenvalue weighted by molar-refractivity contribution is 0.0256. The maximum Gasteiger partial charge on any atom is 0.411 e. The van der Waals surface area contributed by atoms with Crippen molar-refractivity contribution in [1.82, 2.24) is 4.57 Å². The Morgan fingerprint density at radius 3 is 2.46 bits per heavy atom. The van der Waals surface area contributed by atoms with E-state index in [-0.39, 0.29) is 12.2 Å². The second kappa shape index (κ2) is 11.3. The molecule has 2 fully saturated rings. The number of carbonyl (C=O) groups is 1. The number of carbonyl (C=O) groups excluding carboxylic acids is 1. The summed E-state index contributed by atoms with van der Waals surface area (Å²) in [4.78, 5) is 12.3. The first-order valence-corrected chi connectivity index (χ1v) is 13.5. The van der Waals surface area contributed by atoms with Crippen LogP contribution in [0.15, 0.2) is 42.5 Å². The number of fused-ring (bicyclic) bond motifs is 1. The van der Waals surface area contributed by atoms with Crippen LogP contribution in [0.25, 0.3) is 22.2 Å². The second-order valence-corrected chi connectivity index (χ2v) is 9.94. The predicted octanol–water partition coefficient (Wildman–Crippen LogP) is 7.20. The van der Waals surface area contributed by atoms with Gasteiger partial charge in [0.15, 0.2) is 0 Å². The van der Waals surface area contributed by atoms with Gasteiger partial charge in [0.2, 0.25) is 0 Å². The summed E-state index contributed by atoms with van der Waals surface area (Å²) in [5.74, 6) is 0.837. The molecule has 0 radical (unpaired) electrons. The molecular formula is C30H35N3O4. The molecule has 0 atom stereocenters. The van der Waals surface area contributed by atoms with Gasteiger partial charge >= 0.3 is 6.09 Å². The number of hydrogen-bond donors (Lipinski definition) is 1. The molecule has 0 spiro atoms. The number of ether oxygens (including phenoxy) is 3. The largest absolute Gasteiger partial charge is 0.490 e. The van der Waals surface area contributed by atoms with Crippen LogP contribution in [0, 0.1) is 11.3 Å². The average Bonchev–Trinajstić information content (AvgIpc) is 3.20. The fraction of sp³-hybridized carbons (Fsp3) is 0.467. The Labute approximate surface area is 218 Å². The van der Waals surface area contributed by atoms with Crippen LogP contribution in [0.3, 0.4) is 0 Å². The molecule has 1 aliphatic carbocycles. The number of nitrogens with zero attached hydrogens (tertiary/aromatic N) is 2. The molecule has 5 rings (SSSR count). The molecule has 7 nitrogen and oxygen atoms in total. The van der Waals surface area contributed by atoms with Gasteiger partial charge < -0.3 is 18.8 Å². The van der Waals surface area contributed by atoms with Crippen molar-refractivity contribution in [2.75, 3.05) is 18.5 Å². The van der Waals surface area contributed by atoms with Gasteiger partial charge in [0.1, 0.15) is 24.0 Å². The van der Waals surface area contributed by atoms with E-state index < -0.39 is 6.09 Å². The van der Waals surface area contributed by atoms with Crippen molar-refractivity contribution in [3.63, 3.8) is 0 Å². The number of aromatic nitrogens is 1. The lowest BCUT2D eigenvalue weighted by Gasteiger charge is -2.30. The molecule has 1 amide bonds. The van der Waals surface area contributed by atoms with Crippen LogP contribution >= 0.6 is 0 Å². The molecule has 1 N–H and O–H groups in total. The van der Waals surface area contributed by atoms with E-state index in [0.717, 1.165) is 79.6 Å². The maximum absolute atomic E-state index is 12.3. The van der Waals surface area contributed by atoms with Gasteiger partial charge in [-0.25, -0.2) is 4.79 Å². The normalized spacial score (nSPS) is 16.4. The number of amides is 1. The molecular weight excluding hydrogens is 466 g/mol. The highest BCUT2D eigenvalue weighted by molar-refractivity contribution is 5.96. The summed E-state index contributed by atoms with van der Waals surface area (Å²) in [5.41, 5.74) is 4.25. The minimum Gasteiger partial charge on any atom is -0.490 e. The predicted molar refractivity (Wildman–Crippen MR) is 144 cm³/mol. The number of anilines is 1. The SMILES string of the molecule is CCC(CC)OC(=O)Nc1ccc(-c2c(C#N)c3ccc(OC4CCOCC4)cc3n2C2CCC2)cc1. The first-order valence-electron chi connectivity index (χ1n) is 13.5. The molecule has 194 valence electrons. The van der Waals surface area contributed by atoms with E-state index in [1.165, 1.54) is 6.42 Å². The molecule has 1 saturated carbocycles. The van der Waals surface area contributed by atoms with Crippen LogP contribution in [0.4, 0.5) is 10.5 Å². The van der Waals surface area contributed by atoms with Gasteiger partial charge in [0.05, 0.1) is 30.0 Å². The summed E-state index contributed by atoms with van der Waals surface area (Å²) in [6, 6.07) is 16.6. The van der Waals surface area contributed by atoms with Crippen molar-refractivity contribution in [2.24, 2.45) is 0 Å². The van der Waals surface area contributed by atoms with Crippen LogP contribution in [0.1, 0.15) is 70.4 Å². The van der Waals surface area contributed by atoms with E-state index >= 15 is 0 Å².